The van der Waals surface area contributed by atoms with E-state index in [1.807, 2.05) is 32.1 Å². The number of Topliss-reactive ketones (excluding diaryl/α,β-unsaturated/α-hetero) is 1. The van der Waals surface area contributed by atoms with Crippen molar-refractivity contribution in [2.45, 2.75) is 26.7 Å². The van der Waals surface area contributed by atoms with E-state index in [2.05, 4.69) is 4.98 Å². The summed E-state index contributed by atoms with van der Waals surface area (Å²) < 4.78 is 0. The summed E-state index contributed by atoms with van der Waals surface area (Å²) in [7, 11) is 0. The van der Waals surface area contributed by atoms with Gasteiger partial charge in [-0.2, -0.15) is 0 Å². The predicted octanol–water partition coefficient (Wildman–Crippen LogP) is 3.08. The number of aromatic amines is 1. The molecule has 1 heterocycles. The fraction of sp³-hybridized carbons (Fsp3) is 0.222. The molecule has 112 valence electrons. The highest BCUT2D eigenvalue weighted by molar-refractivity contribution is 6.02. The van der Waals surface area contributed by atoms with Crippen LogP contribution < -0.4 is 5.73 Å². The minimum absolute atomic E-state index is 0.148. The number of nitrogens with two attached hydrogens (primary N) is 1. The predicted molar refractivity (Wildman–Crippen MR) is 86.0 cm³/mol. The average molecular weight is 294 g/mol. The molecule has 0 bridgehead atoms. The Morgan fingerprint density at radius 2 is 1.91 bits per heavy atom. The lowest BCUT2D eigenvalue weighted by Gasteiger charge is -2.08. The summed E-state index contributed by atoms with van der Waals surface area (Å²) in [6.45, 7) is 3.87. The summed E-state index contributed by atoms with van der Waals surface area (Å²) in [5.41, 5.74) is 11.5. The van der Waals surface area contributed by atoms with E-state index in [4.69, 9.17) is 5.73 Å². The Morgan fingerprint density at radius 3 is 2.59 bits per heavy atom. The number of aryl methyl sites for hydroxylation is 2. The first-order valence-corrected chi connectivity index (χ1v) is 7.29. The minimum Gasteiger partial charge on any atom is -0.366 e. The van der Waals surface area contributed by atoms with E-state index in [1.165, 1.54) is 0 Å². The molecule has 0 aliphatic heterocycles. The third-order valence-corrected chi connectivity index (χ3v) is 4.14. The van der Waals surface area contributed by atoms with Crippen LogP contribution in [-0.4, -0.2) is 16.7 Å². The Bertz CT molecular complexity index is 813. The highest BCUT2D eigenvalue weighted by Gasteiger charge is 2.22. The third-order valence-electron chi connectivity index (χ3n) is 4.14. The molecule has 4 nitrogen and oxygen atoms in total. The summed E-state index contributed by atoms with van der Waals surface area (Å²) in [5.74, 6) is -0.288. The lowest BCUT2D eigenvalue weighted by atomic mass is 9.96. The molecular formula is C18H18N2O2. The van der Waals surface area contributed by atoms with Gasteiger partial charge in [-0.15, -0.1) is 0 Å². The average Bonchev–Trinajstić information content (AvgIpc) is 2.66. The summed E-state index contributed by atoms with van der Waals surface area (Å²) in [6.07, 6.45) is 5.14. The van der Waals surface area contributed by atoms with Gasteiger partial charge in [-0.05, 0) is 43.5 Å². The number of benzene rings is 1. The number of nitrogens with one attached hydrogen (secondary N) is 1. The van der Waals surface area contributed by atoms with Gasteiger partial charge in [0.1, 0.15) is 0 Å². The van der Waals surface area contributed by atoms with Crippen LogP contribution >= 0.6 is 0 Å². The molecule has 0 atom stereocenters. The summed E-state index contributed by atoms with van der Waals surface area (Å²) in [6, 6.07) is 5.40. The summed E-state index contributed by atoms with van der Waals surface area (Å²) >= 11 is 0. The number of fused-ring (bicyclic) bond motifs is 1. The van der Waals surface area contributed by atoms with Crippen LogP contribution in [0.15, 0.2) is 30.4 Å². The van der Waals surface area contributed by atoms with Crippen molar-refractivity contribution in [3.63, 3.8) is 0 Å². The molecule has 0 unspecified atom stereocenters. The Balaban J connectivity index is 2.18. The molecular weight excluding hydrogens is 276 g/mol. The fourth-order valence-electron chi connectivity index (χ4n) is 3.08. The Hall–Kier alpha value is -2.62. The van der Waals surface area contributed by atoms with Crippen LogP contribution in [0, 0.1) is 13.8 Å². The number of primary amides is 1. The van der Waals surface area contributed by atoms with Crippen molar-refractivity contribution in [3.8, 4) is 11.3 Å². The van der Waals surface area contributed by atoms with Crippen molar-refractivity contribution in [2.24, 2.45) is 5.73 Å². The number of ketones is 1. The number of rotatable bonds is 2. The highest BCUT2D eigenvalue weighted by Crippen LogP contribution is 2.33. The number of hydrogen-bond donors (Lipinski definition) is 2. The molecule has 1 aromatic carbocycles. The Morgan fingerprint density at radius 1 is 1.18 bits per heavy atom. The molecule has 1 amide bonds. The Kier molecular flexibility index (Phi) is 3.45. The molecule has 1 aromatic heterocycles. The number of hydrogen-bond acceptors (Lipinski definition) is 2. The number of allylic oxidation sites excluding steroid dienone is 2. The van der Waals surface area contributed by atoms with E-state index in [-0.39, 0.29) is 5.78 Å². The monoisotopic (exact) mass is 294 g/mol. The normalized spacial score (nSPS) is 13.8. The van der Waals surface area contributed by atoms with Crippen LogP contribution in [0.5, 0.6) is 0 Å². The smallest absolute Gasteiger partial charge is 0.248 e. The van der Waals surface area contributed by atoms with Crippen molar-refractivity contribution in [1.82, 2.24) is 4.98 Å². The maximum Gasteiger partial charge on any atom is 0.248 e. The van der Waals surface area contributed by atoms with E-state index in [0.717, 1.165) is 40.1 Å². The van der Waals surface area contributed by atoms with Gasteiger partial charge >= 0.3 is 0 Å². The molecule has 0 saturated carbocycles. The van der Waals surface area contributed by atoms with Gasteiger partial charge in [0.05, 0.1) is 5.69 Å². The molecule has 0 radical (unpaired) electrons. The molecule has 0 spiro atoms. The standard InChI is InChI=1S/C18H18N2O2/c1-10-9-12(18(19)22)7-8-13(10)17-14-5-3-4-6-15(21)16(14)11(2)20-17/h3-4,7-9,20H,5-6H2,1-2H3,(H2,19,22). The van der Waals surface area contributed by atoms with Crippen LogP contribution in [0.1, 0.15) is 44.0 Å². The van der Waals surface area contributed by atoms with Gasteiger partial charge < -0.3 is 10.7 Å². The molecule has 0 fully saturated rings. The lowest BCUT2D eigenvalue weighted by molar-refractivity contribution is 0.0989. The first kappa shape index (κ1) is 14.3. The minimum atomic E-state index is -0.436. The summed E-state index contributed by atoms with van der Waals surface area (Å²) in [4.78, 5) is 26.9. The number of H-pyrrole nitrogens is 1. The zero-order valence-electron chi connectivity index (χ0n) is 12.7. The first-order chi connectivity index (χ1) is 10.5. The van der Waals surface area contributed by atoms with Gasteiger partial charge in [0.15, 0.2) is 5.78 Å². The maximum atomic E-state index is 12.3. The van der Waals surface area contributed by atoms with Crippen LogP contribution in [0.2, 0.25) is 0 Å². The van der Waals surface area contributed by atoms with Gasteiger partial charge in [-0.1, -0.05) is 18.2 Å². The van der Waals surface area contributed by atoms with Crippen LogP contribution in [0.4, 0.5) is 0 Å². The van der Waals surface area contributed by atoms with Gasteiger partial charge in [-0.25, -0.2) is 0 Å². The third kappa shape index (κ3) is 2.26. The molecule has 1 aliphatic rings. The second-order valence-corrected chi connectivity index (χ2v) is 5.68. The van der Waals surface area contributed by atoms with Crippen molar-refractivity contribution in [2.75, 3.05) is 0 Å². The molecule has 1 aliphatic carbocycles. The molecule has 3 rings (SSSR count). The van der Waals surface area contributed by atoms with Gasteiger partial charge in [0.2, 0.25) is 5.91 Å². The number of carbonyl (C=O) groups is 2. The quantitative estimate of drug-likeness (QED) is 0.835. The molecule has 0 saturated heterocycles. The van der Waals surface area contributed by atoms with Crippen LogP contribution in [0.3, 0.4) is 0 Å². The van der Waals surface area contributed by atoms with E-state index >= 15 is 0 Å². The van der Waals surface area contributed by atoms with E-state index in [9.17, 15) is 9.59 Å². The van der Waals surface area contributed by atoms with Gasteiger partial charge in [0, 0.05) is 28.8 Å². The number of amides is 1. The molecule has 2 aromatic rings. The van der Waals surface area contributed by atoms with Crippen molar-refractivity contribution in [1.29, 1.82) is 0 Å². The fourth-order valence-corrected chi connectivity index (χ4v) is 3.08. The summed E-state index contributed by atoms with van der Waals surface area (Å²) in [5, 5.41) is 0. The Labute approximate surface area is 129 Å². The number of aromatic nitrogens is 1. The first-order valence-electron chi connectivity index (χ1n) is 7.29. The van der Waals surface area contributed by atoms with E-state index < -0.39 is 5.91 Å². The second-order valence-electron chi connectivity index (χ2n) is 5.68. The van der Waals surface area contributed by atoms with Crippen LogP contribution in [0.25, 0.3) is 11.3 Å². The highest BCUT2D eigenvalue weighted by atomic mass is 16.1. The van der Waals surface area contributed by atoms with Crippen LogP contribution in [-0.2, 0) is 6.42 Å². The maximum absolute atomic E-state index is 12.3. The van der Waals surface area contributed by atoms with Crippen molar-refractivity contribution >= 4 is 11.7 Å². The molecule has 4 heteroatoms. The zero-order valence-corrected chi connectivity index (χ0v) is 12.7. The van der Waals surface area contributed by atoms with Crippen molar-refractivity contribution < 1.29 is 9.59 Å². The second kappa shape index (κ2) is 5.30. The SMILES string of the molecule is Cc1cc(C(N)=O)ccc1-c1[nH]c(C)c2c1CC=CCC2=O. The lowest BCUT2D eigenvalue weighted by Crippen LogP contribution is -2.11. The largest absolute Gasteiger partial charge is 0.366 e. The van der Waals surface area contributed by atoms with Crippen molar-refractivity contribution in [3.05, 3.63) is 58.3 Å². The molecule has 3 N–H and O–H groups in total. The van der Waals surface area contributed by atoms with Gasteiger partial charge in [0.25, 0.3) is 0 Å². The van der Waals surface area contributed by atoms with E-state index in [1.54, 1.807) is 12.1 Å². The number of carbonyl (C=O) groups excluding carboxylic acids is 2. The van der Waals surface area contributed by atoms with Gasteiger partial charge in [-0.3, -0.25) is 9.59 Å². The molecule has 22 heavy (non-hydrogen) atoms. The zero-order chi connectivity index (χ0) is 15.9. The van der Waals surface area contributed by atoms with E-state index in [0.29, 0.717) is 12.0 Å². The topological polar surface area (TPSA) is 76.0 Å².